The maximum absolute atomic E-state index is 11.0. The Kier molecular flexibility index (Phi) is 5.19. The summed E-state index contributed by atoms with van der Waals surface area (Å²) in [7, 11) is -8.02. The molecule has 1 aliphatic heterocycles. The van der Waals surface area contributed by atoms with Gasteiger partial charge in [-0.15, -0.1) is 0 Å². The van der Waals surface area contributed by atoms with Crippen molar-refractivity contribution in [3.05, 3.63) is 18.2 Å². The van der Waals surface area contributed by atoms with Gasteiger partial charge in [0.25, 0.3) is 0 Å². The topological polar surface area (TPSA) is 192 Å². The van der Waals surface area contributed by atoms with Gasteiger partial charge in [-0.05, 0) is 0 Å². The molecule has 0 spiro atoms. The van der Waals surface area contributed by atoms with Gasteiger partial charge >= 0.3 is 16.1 Å². The molecule has 1 saturated heterocycles. The Morgan fingerprint density at radius 2 is 2.24 bits per heavy atom. The smallest absolute Gasteiger partial charge is 0.381 e. The number of nitrogens with two attached hydrogens (primary N) is 1. The Morgan fingerprint density at radius 1 is 1.48 bits per heavy atom. The minimum Gasteiger partial charge on any atom is -0.381 e. The SMILES string of the molecule is Nc1ncnn2c([C@H]3C[C@H](O[PH](=O)O)[C@@H](COP(=O)(O)O)O3)cnc12. The molecule has 1 fully saturated rings. The molecule has 0 radical (unpaired) electrons. The van der Waals surface area contributed by atoms with Crippen LogP contribution in [0.25, 0.3) is 5.65 Å². The molecule has 138 valence electrons. The van der Waals surface area contributed by atoms with E-state index in [2.05, 4.69) is 19.6 Å². The first kappa shape index (κ1) is 18.4. The molecule has 0 aliphatic carbocycles. The molecule has 13 nitrogen and oxygen atoms in total. The molecule has 2 aromatic heterocycles. The molecule has 15 heteroatoms. The number of imidazole rings is 1. The van der Waals surface area contributed by atoms with Crippen LogP contribution >= 0.6 is 16.1 Å². The first-order chi connectivity index (χ1) is 11.7. The maximum Gasteiger partial charge on any atom is 0.469 e. The number of nitrogen functional groups attached to an aromatic ring is 1. The van der Waals surface area contributed by atoms with E-state index in [1.807, 2.05) is 0 Å². The van der Waals surface area contributed by atoms with E-state index in [4.69, 9.17) is 29.7 Å². The fourth-order valence-corrected chi connectivity index (χ4v) is 3.40. The van der Waals surface area contributed by atoms with Gasteiger partial charge in [0.15, 0.2) is 11.5 Å². The summed E-state index contributed by atoms with van der Waals surface area (Å²) in [5.74, 6) is 0.161. The van der Waals surface area contributed by atoms with Gasteiger partial charge in [-0.25, -0.2) is 19.0 Å². The van der Waals surface area contributed by atoms with Crippen LogP contribution in [0.3, 0.4) is 0 Å². The first-order valence-corrected chi connectivity index (χ1v) is 9.73. The number of ether oxygens (including phenoxy) is 1. The van der Waals surface area contributed by atoms with Crippen molar-refractivity contribution in [2.75, 3.05) is 12.3 Å². The number of phosphoric acid groups is 1. The number of hydrogen-bond acceptors (Lipinski definition) is 9. The van der Waals surface area contributed by atoms with E-state index >= 15 is 0 Å². The number of rotatable bonds is 6. The molecule has 2 aromatic rings. The fraction of sp³-hybridized carbons (Fsp3) is 0.500. The van der Waals surface area contributed by atoms with Gasteiger partial charge in [-0.1, -0.05) is 0 Å². The predicted octanol–water partition coefficient (Wildman–Crippen LogP) is -0.587. The second kappa shape index (κ2) is 7.06. The predicted molar refractivity (Wildman–Crippen MR) is 81.5 cm³/mol. The van der Waals surface area contributed by atoms with Gasteiger partial charge in [0.2, 0.25) is 0 Å². The lowest BCUT2D eigenvalue weighted by molar-refractivity contribution is -0.0184. The van der Waals surface area contributed by atoms with Gasteiger partial charge in [-0.3, -0.25) is 9.09 Å². The highest BCUT2D eigenvalue weighted by molar-refractivity contribution is 7.46. The monoisotopic (exact) mass is 395 g/mol. The Labute approximate surface area is 140 Å². The van der Waals surface area contributed by atoms with Crippen molar-refractivity contribution in [2.24, 2.45) is 0 Å². The van der Waals surface area contributed by atoms with Crippen molar-refractivity contribution in [2.45, 2.75) is 24.7 Å². The highest BCUT2D eigenvalue weighted by Crippen LogP contribution is 2.41. The molecule has 1 aliphatic rings. The zero-order valence-corrected chi connectivity index (χ0v) is 14.4. The molecular weight excluding hydrogens is 380 g/mol. The molecule has 0 saturated carbocycles. The average molecular weight is 395 g/mol. The van der Waals surface area contributed by atoms with E-state index in [9.17, 15) is 9.13 Å². The van der Waals surface area contributed by atoms with E-state index in [1.165, 1.54) is 17.0 Å². The highest BCUT2D eigenvalue weighted by atomic mass is 31.2. The van der Waals surface area contributed by atoms with Crippen LogP contribution in [0.1, 0.15) is 18.2 Å². The third-order valence-electron chi connectivity index (χ3n) is 3.55. The lowest BCUT2D eigenvalue weighted by Gasteiger charge is -2.17. The Morgan fingerprint density at radius 3 is 2.92 bits per heavy atom. The zero-order valence-electron chi connectivity index (χ0n) is 12.5. The lowest BCUT2D eigenvalue weighted by Crippen LogP contribution is -2.27. The quantitative estimate of drug-likeness (QED) is 0.455. The van der Waals surface area contributed by atoms with Gasteiger partial charge in [0.1, 0.15) is 18.5 Å². The second-order valence-electron chi connectivity index (χ2n) is 5.17. The summed E-state index contributed by atoms with van der Waals surface area (Å²) in [6.45, 7) is -0.519. The van der Waals surface area contributed by atoms with Crippen LogP contribution in [-0.4, -0.2) is 53.1 Å². The molecule has 1 unspecified atom stereocenters. The van der Waals surface area contributed by atoms with Gasteiger partial charge in [0, 0.05) is 6.42 Å². The molecule has 4 atom stereocenters. The Hall–Kier alpha value is -1.43. The van der Waals surface area contributed by atoms with Crippen molar-refractivity contribution in [3.63, 3.8) is 0 Å². The highest BCUT2D eigenvalue weighted by Gasteiger charge is 2.40. The number of phosphoric ester groups is 1. The molecule has 5 N–H and O–H groups in total. The summed E-state index contributed by atoms with van der Waals surface area (Å²) in [5, 5.41) is 4.02. The van der Waals surface area contributed by atoms with Crippen LogP contribution in [0, 0.1) is 0 Å². The van der Waals surface area contributed by atoms with Gasteiger partial charge in [0.05, 0.1) is 24.6 Å². The summed E-state index contributed by atoms with van der Waals surface area (Å²) < 4.78 is 38.3. The minimum atomic E-state index is -4.73. The molecule has 3 rings (SSSR count). The molecule has 0 aromatic carbocycles. The van der Waals surface area contributed by atoms with Gasteiger partial charge < -0.3 is 29.7 Å². The van der Waals surface area contributed by atoms with Gasteiger partial charge in [-0.2, -0.15) is 5.10 Å². The van der Waals surface area contributed by atoms with Crippen LogP contribution < -0.4 is 5.73 Å². The van der Waals surface area contributed by atoms with Crippen molar-refractivity contribution >= 4 is 27.5 Å². The molecule has 0 bridgehead atoms. The molecule has 3 heterocycles. The summed E-state index contributed by atoms with van der Waals surface area (Å²) in [4.78, 5) is 34.5. The number of nitrogens with zero attached hydrogens (tertiary/aromatic N) is 4. The fourth-order valence-electron chi connectivity index (χ4n) is 2.55. The van der Waals surface area contributed by atoms with Crippen molar-refractivity contribution in [3.8, 4) is 0 Å². The largest absolute Gasteiger partial charge is 0.469 e. The van der Waals surface area contributed by atoms with E-state index in [-0.39, 0.29) is 12.2 Å². The van der Waals surface area contributed by atoms with E-state index in [1.54, 1.807) is 0 Å². The van der Waals surface area contributed by atoms with Crippen LogP contribution in [0.2, 0.25) is 0 Å². The van der Waals surface area contributed by atoms with Crippen LogP contribution in [-0.2, 0) is 22.9 Å². The van der Waals surface area contributed by atoms with Crippen molar-refractivity contribution in [1.82, 2.24) is 19.6 Å². The van der Waals surface area contributed by atoms with E-state index < -0.39 is 41.0 Å². The summed E-state index contributed by atoms with van der Waals surface area (Å²) in [5.41, 5.74) is 6.50. The minimum absolute atomic E-state index is 0.129. The maximum atomic E-state index is 11.0. The molecule has 25 heavy (non-hydrogen) atoms. The van der Waals surface area contributed by atoms with E-state index in [0.29, 0.717) is 11.3 Å². The lowest BCUT2D eigenvalue weighted by atomic mass is 10.1. The third kappa shape index (κ3) is 4.22. The van der Waals surface area contributed by atoms with Crippen LogP contribution in [0.15, 0.2) is 12.5 Å². The standard InChI is InChI=1S/C10H15N5O8P2/c11-9-10-12-2-5(15(10)14-4-13-9)6-1-7(23-24(16)17)8(22-6)3-21-25(18,19)20/h2,4,6-8,24H,1,3H2,(H,16,17)(H2,11,13,14)(H2,18,19,20)/t6-,7+,8-/m1/s1. The van der Waals surface area contributed by atoms with E-state index in [0.717, 1.165) is 0 Å². The first-order valence-electron chi connectivity index (χ1n) is 6.94. The second-order valence-corrected chi connectivity index (χ2v) is 7.18. The summed E-state index contributed by atoms with van der Waals surface area (Å²) in [6.07, 6.45) is 0.277. The number of hydrogen-bond donors (Lipinski definition) is 4. The average Bonchev–Trinajstić information content (AvgIpc) is 3.08. The van der Waals surface area contributed by atoms with Crippen molar-refractivity contribution in [1.29, 1.82) is 0 Å². The van der Waals surface area contributed by atoms with Crippen LogP contribution in [0.4, 0.5) is 5.82 Å². The van der Waals surface area contributed by atoms with Crippen molar-refractivity contribution < 1.29 is 37.6 Å². The number of anilines is 1. The summed E-state index contributed by atoms with van der Waals surface area (Å²) in [6, 6.07) is 0. The zero-order chi connectivity index (χ0) is 18.2. The Bertz CT molecular complexity index is 840. The third-order valence-corrected chi connectivity index (χ3v) is 4.54. The Balaban J connectivity index is 1.83. The number of fused-ring (bicyclic) bond motifs is 1. The molecule has 0 amide bonds. The normalized spacial score (nSPS) is 25.5. The van der Waals surface area contributed by atoms with Crippen LogP contribution in [0.5, 0.6) is 0 Å². The summed E-state index contributed by atoms with van der Waals surface area (Å²) >= 11 is 0. The molecular formula is C10H15N5O8P2. The number of aromatic nitrogens is 4.